The maximum atomic E-state index is 13.2. The van der Waals surface area contributed by atoms with Gasteiger partial charge >= 0.3 is 0 Å². The van der Waals surface area contributed by atoms with Crippen LogP contribution in [0.2, 0.25) is 0 Å². The number of nitrogens with one attached hydrogen (secondary N) is 2. The Hall–Kier alpha value is -2.96. The molecule has 0 saturated carbocycles. The number of anilines is 1. The molecule has 0 aliphatic rings. The normalized spacial score (nSPS) is 11.1. The lowest BCUT2D eigenvalue weighted by atomic mass is 10.0. The molecule has 0 saturated heterocycles. The molecule has 1 aromatic carbocycles. The Morgan fingerprint density at radius 1 is 1.32 bits per heavy atom. The van der Waals surface area contributed by atoms with Crippen molar-refractivity contribution in [3.05, 3.63) is 56.8 Å². The van der Waals surface area contributed by atoms with E-state index in [1.54, 1.807) is 18.7 Å². The van der Waals surface area contributed by atoms with Crippen molar-refractivity contribution < 1.29 is 9.18 Å². The lowest BCUT2D eigenvalue weighted by Gasteiger charge is -2.12. The highest BCUT2D eigenvalue weighted by atomic mass is 19.1. The fourth-order valence-corrected chi connectivity index (χ4v) is 3.03. The van der Waals surface area contributed by atoms with Crippen LogP contribution in [0.25, 0.3) is 11.0 Å². The minimum absolute atomic E-state index is 0.0890. The monoisotopic (exact) mass is 342 g/mol. The van der Waals surface area contributed by atoms with Crippen molar-refractivity contribution in [1.82, 2.24) is 14.8 Å². The van der Waals surface area contributed by atoms with Gasteiger partial charge < -0.3 is 5.32 Å². The number of aromatic amines is 1. The van der Waals surface area contributed by atoms with Gasteiger partial charge in [0.2, 0.25) is 5.91 Å². The molecule has 0 aliphatic heterocycles. The van der Waals surface area contributed by atoms with Gasteiger partial charge in [0.15, 0.2) is 5.65 Å². The molecule has 0 atom stereocenters. The highest BCUT2D eigenvalue weighted by molar-refractivity contribution is 5.94. The van der Waals surface area contributed by atoms with Crippen molar-refractivity contribution in [3.8, 4) is 0 Å². The van der Waals surface area contributed by atoms with Gasteiger partial charge in [0.05, 0.1) is 11.8 Å². The van der Waals surface area contributed by atoms with E-state index in [2.05, 4.69) is 15.4 Å². The van der Waals surface area contributed by atoms with Crippen LogP contribution in [0.15, 0.2) is 23.0 Å². The number of rotatable bonds is 3. The Labute approximate surface area is 143 Å². The first-order valence-electron chi connectivity index (χ1n) is 7.88. The van der Waals surface area contributed by atoms with E-state index in [0.29, 0.717) is 28.0 Å². The Balaban J connectivity index is 1.93. The molecule has 0 unspecified atom stereocenters. The van der Waals surface area contributed by atoms with Gasteiger partial charge in [-0.1, -0.05) is 0 Å². The van der Waals surface area contributed by atoms with Gasteiger partial charge in [-0.05, 0) is 55.7 Å². The van der Waals surface area contributed by atoms with E-state index in [1.807, 2.05) is 13.8 Å². The van der Waals surface area contributed by atoms with Gasteiger partial charge in [-0.15, -0.1) is 0 Å². The molecule has 3 aromatic rings. The number of amides is 1. The summed E-state index contributed by atoms with van der Waals surface area (Å²) in [5, 5.41) is 5.96. The molecule has 0 spiro atoms. The summed E-state index contributed by atoms with van der Waals surface area (Å²) < 4.78 is 14.7. The van der Waals surface area contributed by atoms with Gasteiger partial charge in [-0.2, -0.15) is 0 Å². The third-order valence-corrected chi connectivity index (χ3v) is 4.38. The zero-order chi connectivity index (χ0) is 18.3. The predicted octanol–water partition coefficient (Wildman–Crippen LogP) is 2.51. The van der Waals surface area contributed by atoms with E-state index < -0.39 is 0 Å². The van der Waals surface area contributed by atoms with Crippen LogP contribution in [-0.2, 0) is 18.3 Å². The van der Waals surface area contributed by atoms with E-state index >= 15 is 0 Å². The first-order valence-corrected chi connectivity index (χ1v) is 7.88. The highest BCUT2D eigenvalue weighted by Gasteiger charge is 2.17. The molecular formula is C18H19FN4O2. The summed E-state index contributed by atoms with van der Waals surface area (Å²) in [4.78, 5) is 29.0. The average Bonchev–Trinajstić information content (AvgIpc) is 2.80. The smallest absolute Gasteiger partial charge is 0.273 e. The molecule has 25 heavy (non-hydrogen) atoms. The number of carbonyl (C=O) groups is 1. The minimum Gasteiger partial charge on any atom is -0.326 e. The van der Waals surface area contributed by atoms with Crippen LogP contribution in [0.4, 0.5) is 10.1 Å². The van der Waals surface area contributed by atoms with E-state index in [4.69, 9.17) is 0 Å². The van der Waals surface area contributed by atoms with Gasteiger partial charge in [0.25, 0.3) is 5.56 Å². The SMILES string of the molecule is Cc1cc(F)ccc1NC(=O)Cc1c(C)nc2c(c1C)c(=O)[nH]n2C. The fourth-order valence-electron chi connectivity index (χ4n) is 3.03. The maximum Gasteiger partial charge on any atom is 0.273 e. The van der Waals surface area contributed by atoms with Crippen LogP contribution in [0.3, 0.4) is 0 Å². The van der Waals surface area contributed by atoms with Crippen molar-refractivity contribution >= 4 is 22.6 Å². The standard InChI is InChI=1S/C18H19FN4O2/c1-9-7-12(19)5-6-14(9)21-15(24)8-13-10(2)16-17(20-11(13)3)23(4)22-18(16)25/h5-7H,8H2,1-4H3,(H,21,24)(H,22,25). The number of fused-ring (bicyclic) bond motifs is 1. The van der Waals surface area contributed by atoms with Gasteiger partial charge in [-0.25, -0.2) is 9.37 Å². The molecule has 6 nitrogen and oxygen atoms in total. The molecule has 1 amide bonds. The number of hydrogen-bond donors (Lipinski definition) is 2. The Bertz CT molecular complexity index is 1050. The van der Waals surface area contributed by atoms with Crippen LogP contribution >= 0.6 is 0 Å². The molecule has 0 aliphatic carbocycles. The van der Waals surface area contributed by atoms with Crippen LogP contribution in [0.5, 0.6) is 0 Å². The minimum atomic E-state index is -0.347. The predicted molar refractivity (Wildman–Crippen MR) is 94.3 cm³/mol. The van der Waals surface area contributed by atoms with Crippen LogP contribution < -0.4 is 10.9 Å². The Morgan fingerprint density at radius 3 is 2.72 bits per heavy atom. The number of hydrogen-bond acceptors (Lipinski definition) is 3. The molecule has 0 fully saturated rings. The average molecular weight is 342 g/mol. The van der Waals surface area contributed by atoms with E-state index in [9.17, 15) is 14.0 Å². The topological polar surface area (TPSA) is 79.8 Å². The molecular weight excluding hydrogens is 323 g/mol. The second-order valence-electron chi connectivity index (χ2n) is 6.18. The summed E-state index contributed by atoms with van der Waals surface area (Å²) in [6.07, 6.45) is 0.0890. The van der Waals surface area contributed by atoms with Crippen molar-refractivity contribution in [2.24, 2.45) is 7.05 Å². The second kappa shape index (κ2) is 6.16. The number of aryl methyl sites for hydroxylation is 4. The third kappa shape index (κ3) is 3.05. The fraction of sp³-hybridized carbons (Fsp3) is 0.278. The zero-order valence-corrected chi connectivity index (χ0v) is 14.5. The van der Waals surface area contributed by atoms with Crippen molar-refractivity contribution in [2.45, 2.75) is 27.2 Å². The summed E-state index contributed by atoms with van der Waals surface area (Å²) in [5.41, 5.74) is 3.72. The third-order valence-electron chi connectivity index (χ3n) is 4.38. The summed E-state index contributed by atoms with van der Waals surface area (Å²) in [6.45, 7) is 5.36. The summed E-state index contributed by atoms with van der Waals surface area (Å²) >= 11 is 0. The number of nitrogens with zero attached hydrogens (tertiary/aromatic N) is 2. The van der Waals surface area contributed by atoms with Crippen LogP contribution in [0.1, 0.15) is 22.4 Å². The summed E-state index contributed by atoms with van der Waals surface area (Å²) in [6, 6.07) is 4.20. The first-order chi connectivity index (χ1) is 11.8. The quantitative estimate of drug-likeness (QED) is 0.767. The van der Waals surface area contributed by atoms with Crippen molar-refractivity contribution in [2.75, 3.05) is 5.32 Å². The largest absolute Gasteiger partial charge is 0.326 e. The van der Waals surface area contributed by atoms with Gasteiger partial charge in [-0.3, -0.25) is 19.4 Å². The van der Waals surface area contributed by atoms with E-state index in [0.717, 1.165) is 11.1 Å². The molecule has 2 aromatic heterocycles. The molecule has 0 bridgehead atoms. The summed E-state index contributed by atoms with van der Waals surface area (Å²) in [7, 11) is 1.72. The van der Waals surface area contributed by atoms with Crippen LogP contribution in [-0.4, -0.2) is 20.7 Å². The van der Waals surface area contributed by atoms with Crippen molar-refractivity contribution in [1.29, 1.82) is 0 Å². The number of pyridine rings is 1. The van der Waals surface area contributed by atoms with E-state index in [-0.39, 0.29) is 23.7 Å². The summed E-state index contributed by atoms with van der Waals surface area (Å²) in [5.74, 6) is -0.588. The van der Waals surface area contributed by atoms with Crippen molar-refractivity contribution in [3.63, 3.8) is 0 Å². The highest BCUT2D eigenvalue weighted by Crippen LogP contribution is 2.21. The first kappa shape index (κ1) is 16.9. The van der Waals surface area contributed by atoms with Gasteiger partial charge in [0, 0.05) is 18.4 Å². The zero-order valence-electron chi connectivity index (χ0n) is 14.5. The maximum absolute atomic E-state index is 13.2. The second-order valence-corrected chi connectivity index (χ2v) is 6.18. The van der Waals surface area contributed by atoms with Crippen LogP contribution in [0, 0.1) is 26.6 Å². The molecule has 2 N–H and O–H groups in total. The molecule has 7 heteroatoms. The number of carbonyl (C=O) groups excluding carboxylic acids is 1. The van der Waals surface area contributed by atoms with E-state index in [1.165, 1.54) is 18.2 Å². The van der Waals surface area contributed by atoms with Gasteiger partial charge in [0.1, 0.15) is 5.82 Å². The number of halogens is 1. The lowest BCUT2D eigenvalue weighted by Crippen LogP contribution is -2.17. The molecule has 2 heterocycles. The lowest BCUT2D eigenvalue weighted by molar-refractivity contribution is -0.115. The Kier molecular flexibility index (Phi) is 4.16. The molecule has 130 valence electrons. The number of benzene rings is 1. The number of H-pyrrole nitrogens is 1. The number of aromatic nitrogens is 3. The molecule has 3 rings (SSSR count). The Morgan fingerprint density at radius 2 is 2.04 bits per heavy atom. The molecule has 0 radical (unpaired) electrons.